The van der Waals surface area contributed by atoms with Gasteiger partial charge in [0.15, 0.2) is 5.54 Å². The first kappa shape index (κ1) is 12.4. The zero-order valence-corrected chi connectivity index (χ0v) is 8.86. The van der Waals surface area contributed by atoms with Crippen molar-refractivity contribution in [1.82, 2.24) is 5.48 Å². The molecule has 2 N–H and O–H groups in total. The first-order chi connectivity index (χ1) is 8.36. The molecular formula is C11H8F3NO3. The summed E-state index contributed by atoms with van der Waals surface area (Å²) in [6.07, 6.45) is -2.10. The van der Waals surface area contributed by atoms with E-state index in [4.69, 9.17) is 5.11 Å². The third-order valence-corrected chi connectivity index (χ3v) is 2.61. The van der Waals surface area contributed by atoms with Gasteiger partial charge in [-0.2, -0.15) is 13.2 Å². The van der Waals surface area contributed by atoms with E-state index in [1.165, 1.54) is 6.08 Å². The van der Waals surface area contributed by atoms with Crippen LogP contribution < -0.4 is 5.48 Å². The summed E-state index contributed by atoms with van der Waals surface area (Å²) < 4.78 is 37.1. The second-order valence-corrected chi connectivity index (χ2v) is 3.71. The van der Waals surface area contributed by atoms with E-state index in [1.807, 2.05) is 0 Å². The van der Waals surface area contributed by atoms with Crippen LogP contribution in [0.1, 0.15) is 11.1 Å². The molecule has 1 aromatic carbocycles. The fourth-order valence-corrected chi connectivity index (χ4v) is 1.61. The summed E-state index contributed by atoms with van der Waals surface area (Å²) in [7, 11) is 0. The molecule has 1 aliphatic rings. The number of aliphatic carboxylic acids is 1. The molecule has 4 nitrogen and oxygen atoms in total. The molecule has 1 atom stereocenters. The van der Waals surface area contributed by atoms with E-state index in [1.54, 1.807) is 0 Å². The number of hydroxylamine groups is 1. The Hall–Kier alpha value is -2.02. The van der Waals surface area contributed by atoms with Gasteiger partial charge >= 0.3 is 12.1 Å². The summed E-state index contributed by atoms with van der Waals surface area (Å²) in [5.41, 5.74) is -0.0850. The molecule has 2 rings (SSSR count). The van der Waals surface area contributed by atoms with E-state index < -0.39 is 23.2 Å². The van der Waals surface area contributed by atoms with Crippen LogP contribution in [0.15, 0.2) is 36.6 Å². The Kier molecular flexibility index (Phi) is 2.78. The Morgan fingerprint density at radius 2 is 1.89 bits per heavy atom. The van der Waals surface area contributed by atoms with Crippen LogP contribution in [0.4, 0.5) is 13.2 Å². The molecule has 0 bridgehead atoms. The van der Waals surface area contributed by atoms with Crippen molar-refractivity contribution >= 4 is 5.97 Å². The molecule has 1 aliphatic heterocycles. The van der Waals surface area contributed by atoms with Crippen LogP contribution in [0, 0.1) is 0 Å². The van der Waals surface area contributed by atoms with Gasteiger partial charge in [-0.05, 0) is 23.8 Å². The topological polar surface area (TPSA) is 58.6 Å². The molecule has 0 aromatic heterocycles. The minimum Gasteiger partial charge on any atom is -0.479 e. The van der Waals surface area contributed by atoms with E-state index in [0.29, 0.717) is 0 Å². The van der Waals surface area contributed by atoms with E-state index in [9.17, 15) is 18.0 Å². The first-order valence-corrected chi connectivity index (χ1v) is 4.88. The van der Waals surface area contributed by atoms with Crippen LogP contribution in [-0.4, -0.2) is 11.1 Å². The highest BCUT2D eigenvalue weighted by Gasteiger charge is 2.42. The van der Waals surface area contributed by atoms with E-state index in [0.717, 1.165) is 30.5 Å². The quantitative estimate of drug-likeness (QED) is 0.853. The molecular weight excluding hydrogens is 251 g/mol. The molecule has 0 spiro atoms. The minimum atomic E-state index is -4.45. The predicted molar refractivity (Wildman–Crippen MR) is 54.1 cm³/mol. The third-order valence-electron chi connectivity index (χ3n) is 2.61. The second-order valence-electron chi connectivity index (χ2n) is 3.71. The lowest BCUT2D eigenvalue weighted by Gasteiger charge is -2.21. The van der Waals surface area contributed by atoms with E-state index >= 15 is 0 Å². The molecule has 0 amide bonds. The smallest absolute Gasteiger partial charge is 0.416 e. The molecule has 0 saturated carbocycles. The Morgan fingerprint density at radius 3 is 2.28 bits per heavy atom. The number of halogens is 3. The number of benzene rings is 1. The van der Waals surface area contributed by atoms with Crippen LogP contribution in [0.3, 0.4) is 0 Å². The Labute approximate surface area is 99.6 Å². The van der Waals surface area contributed by atoms with Crippen LogP contribution in [0.2, 0.25) is 0 Å². The summed E-state index contributed by atoms with van der Waals surface area (Å²) in [5.74, 6) is -1.27. The maximum atomic E-state index is 12.4. The fraction of sp³-hybridized carbons (Fsp3) is 0.182. The van der Waals surface area contributed by atoms with Gasteiger partial charge in [0.25, 0.3) is 0 Å². The zero-order valence-electron chi connectivity index (χ0n) is 8.86. The molecule has 7 heteroatoms. The van der Waals surface area contributed by atoms with Crippen molar-refractivity contribution in [2.24, 2.45) is 0 Å². The first-order valence-electron chi connectivity index (χ1n) is 4.88. The molecule has 0 saturated heterocycles. The number of hydrogen-bond donors (Lipinski definition) is 2. The molecule has 0 fully saturated rings. The van der Waals surface area contributed by atoms with Crippen molar-refractivity contribution < 1.29 is 27.9 Å². The van der Waals surface area contributed by atoms with Gasteiger partial charge in [-0.15, -0.1) is 5.48 Å². The van der Waals surface area contributed by atoms with Crippen molar-refractivity contribution in [2.75, 3.05) is 0 Å². The van der Waals surface area contributed by atoms with Crippen LogP contribution in [0.25, 0.3) is 0 Å². The van der Waals surface area contributed by atoms with Crippen molar-refractivity contribution in [2.45, 2.75) is 11.7 Å². The number of hydrogen-bond acceptors (Lipinski definition) is 3. The lowest BCUT2D eigenvalue weighted by Crippen LogP contribution is -2.43. The van der Waals surface area contributed by atoms with Crippen molar-refractivity contribution in [3.63, 3.8) is 0 Å². The largest absolute Gasteiger partial charge is 0.479 e. The molecule has 1 aromatic rings. The minimum absolute atomic E-state index is 0.150. The van der Waals surface area contributed by atoms with Gasteiger partial charge in [0.1, 0.15) is 6.26 Å². The van der Waals surface area contributed by atoms with Gasteiger partial charge in [0.05, 0.1) is 5.56 Å². The summed E-state index contributed by atoms with van der Waals surface area (Å²) in [6.45, 7) is 0. The van der Waals surface area contributed by atoms with Crippen molar-refractivity contribution in [3.05, 3.63) is 47.7 Å². The monoisotopic (exact) mass is 259 g/mol. The highest BCUT2D eigenvalue weighted by atomic mass is 19.4. The molecule has 0 aliphatic carbocycles. The number of carboxylic acids is 1. The predicted octanol–water partition coefficient (Wildman–Crippen LogP) is 2.03. The SMILES string of the molecule is O=C(O)C1(c2ccc(C(F)(F)F)cc2)C=CON1. The standard InChI is InChI=1S/C11H8F3NO3/c12-11(13,14)8-3-1-7(2-4-8)10(9(16)17)5-6-18-15-10/h1-6,15H,(H,16,17). The molecule has 0 radical (unpaired) electrons. The molecule has 1 heterocycles. The van der Waals surface area contributed by atoms with Crippen LogP contribution in [-0.2, 0) is 21.3 Å². The average Bonchev–Trinajstić information content (AvgIpc) is 2.78. The third kappa shape index (κ3) is 1.92. The van der Waals surface area contributed by atoms with Gasteiger partial charge in [-0.25, -0.2) is 4.79 Å². The average molecular weight is 259 g/mol. The number of nitrogens with one attached hydrogen (secondary N) is 1. The van der Waals surface area contributed by atoms with Crippen LogP contribution >= 0.6 is 0 Å². The maximum Gasteiger partial charge on any atom is 0.416 e. The van der Waals surface area contributed by atoms with Crippen molar-refractivity contribution in [1.29, 1.82) is 0 Å². The van der Waals surface area contributed by atoms with E-state index in [2.05, 4.69) is 10.3 Å². The van der Waals surface area contributed by atoms with Crippen molar-refractivity contribution in [3.8, 4) is 0 Å². The summed E-state index contributed by atoms with van der Waals surface area (Å²) in [4.78, 5) is 15.8. The summed E-state index contributed by atoms with van der Waals surface area (Å²) in [6, 6.07) is 3.85. The van der Waals surface area contributed by atoms with Gasteiger partial charge in [-0.3, -0.25) is 0 Å². The highest BCUT2D eigenvalue weighted by Crippen LogP contribution is 2.32. The Bertz CT molecular complexity index is 495. The second kappa shape index (κ2) is 4.02. The normalized spacial score (nSPS) is 22.8. The Balaban J connectivity index is 2.40. The van der Waals surface area contributed by atoms with E-state index in [-0.39, 0.29) is 5.56 Å². The summed E-state index contributed by atoms with van der Waals surface area (Å²) in [5, 5.41) is 9.13. The number of carbonyl (C=O) groups is 1. The fourth-order valence-electron chi connectivity index (χ4n) is 1.61. The highest BCUT2D eigenvalue weighted by molar-refractivity contribution is 5.83. The van der Waals surface area contributed by atoms with Gasteiger partial charge in [0, 0.05) is 0 Å². The van der Waals surface area contributed by atoms with Crippen LogP contribution in [0.5, 0.6) is 0 Å². The van der Waals surface area contributed by atoms with Gasteiger partial charge in [-0.1, -0.05) is 12.1 Å². The summed E-state index contributed by atoms with van der Waals surface area (Å²) >= 11 is 0. The lowest BCUT2D eigenvalue weighted by atomic mass is 9.90. The maximum absolute atomic E-state index is 12.4. The number of carboxylic acid groups (broad SMARTS) is 1. The molecule has 96 valence electrons. The number of rotatable bonds is 2. The zero-order chi connectivity index (χ0) is 13.4. The molecule has 18 heavy (non-hydrogen) atoms. The molecule has 1 unspecified atom stereocenters. The van der Waals surface area contributed by atoms with Gasteiger partial charge < -0.3 is 9.94 Å². The lowest BCUT2D eigenvalue weighted by molar-refractivity contribution is -0.146. The van der Waals surface area contributed by atoms with Gasteiger partial charge in [0.2, 0.25) is 0 Å². The Morgan fingerprint density at radius 1 is 1.28 bits per heavy atom. The number of alkyl halides is 3.